The fraction of sp³-hybridized carbons (Fsp3) is 0.250. The summed E-state index contributed by atoms with van der Waals surface area (Å²) in [4.78, 5) is 37.8. The summed E-state index contributed by atoms with van der Waals surface area (Å²) in [7, 11) is 0. The Labute approximate surface area is 164 Å². The molecule has 0 fully saturated rings. The van der Waals surface area contributed by atoms with Crippen molar-refractivity contribution in [2.45, 2.75) is 19.9 Å². The minimum Gasteiger partial charge on any atom is -0.408 e. The van der Waals surface area contributed by atoms with E-state index in [1.54, 1.807) is 31.2 Å². The lowest BCUT2D eigenvalue weighted by atomic mass is 10.2. The molecule has 152 valence electrons. The van der Waals surface area contributed by atoms with Crippen molar-refractivity contribution in [2.75, 3.05) is 18.4 Å². The smallest absolute Gasteiger partial charge is 0.408 e. The molecular weight excluding hydrogens is 384 g/mol. The Morgan fingerprint density at radius 3 is 2.48 bits per heavy atom. The molecule has 0 saturated heterocycles. The number of carbonyl (C=O) groups is 2. The van der Waals surface area contributed by atoms with Gasteiger partial charge in [-0.15, -0.1) is 0 Å². The number of fused-ring (bicyclic) bond motifs is 1. The van der Waals surface area contributed by atoms with Crippen molar-refractivity contribution < 1.29 is 22.8 Å². The highest BCUT2D eigenvalue weighted by molar-refractivity contribution is 5.94. The fourth-order valence-electron chi connectivity index (χ4n) is 2.94. The van der Waals surface area contributed by atoms with Gasteiger partial charge in [-0.05, 0) is 31.2 Å². The molecule has 0 unspecified atom stereocenters. The zero-order chi connectivity index (χ0) is 21.0. The molecule has 0 radical (unpaired) electrons. The average molecular weight is 403 g/mol. The number of carbonyl (C=O) groups excluding carboxylic acids is 2. The maximum Gasteiger partial charge on any atom is 0.419 e. The molecule has 0 aliphatic carbocycles. The van der Waals surface area contributed by atoms with Crippen molar-refractivity contribution >= 4 is 28.6 Å². The van der Waals surface area contributed by atoms with E-state index in [-0.39, 0.29) is 32.0 Å². The third-order valence-electron chi connectivity index (χ3n) is 4.42. The molecule has 7 nitrogen and oxygen atoms in total. The van der Waals surface area contributed by atoms with Crippen molar-refractivity contribution in [3.05, 3.63) is 64.6 Å². The number of rotatable bonds is 7. The first-order chi connectivity index (χ1) is 13.9. The molecular formula is C20H19F2N3O4. The first-order valence-corrected chi connectivity index (χ1v) is 9.00. The van der Waals surface area contributed by atoms with Gasteiger partial charge in [-0.3, -0.25) is 14.2 Å². The maximum absolute atomic E-state index is 13.7. The van der Waals surface area contributed by atoms with E-state index in [0.717, 1.165) is 12.1 Å². The van der Waals surface area contributed by atoms with Gasteiger partial charge in [0.2, 0.25) is 11.8 Å². The Morgan fingerprint density at radius 1 is 1.10 bits per heavy atom. The van der Waals surface area contributed by atoms with Gasteiger partial charge in [-0.25, -0.2) is 13.6 Å². The number of amides is 2. The van der Waals surface area contributed by atoms with E-state index >= 15 is 0 Å². The first kappa shape index (κ1) is 20.2. The molecule has 3 rings (SSSR count). The van der Waals surface area contributed by atoms with Crippen LogP contribution in [0, 0.1) is 11.6 Å². The van der Waals surface area contributed by atoms with Crippen molar-refractivity contribution in [3.63, 3.8) is 0 Å². The molecule has 1 aromatic heterocycles. The van der Waals surface area contributed by atoms with Crippen LogP contribution >= 0.6 is 0 Å². The van der Waals surface area contributed by atoms with E-state index in [1.807, 2.05) is 0 Å². The van der Waals surface area contributed by atoms with Gasteiger partial charge in [0.1, 0.15) is 17.3 Å². The lowest BCUT2D eigenvalue weighted by Gasteiger charge is -2.20. The number of hydrogen-bond acceptors (Lipinski definition) is 4. The summed E-state index contributed by atoms with van der Waals surface area (Å²) in [5.74, 6) is -3.49. The van der Waals surface area contributed by atoms with E-state index < -0.39 is 29.0 Å². The molecule has 0 atom stereocenters. The molecule has 1 N–H and O–H groups in total. The van der Waals surface area contributed by atoms with Crippen LogP contribution < -0.4 is 11.1 Å². The summed E-state index contributed by atoms with van der Waals surface area (Å²) in [5, 5.41) is 2.15. The summed E-state index contributed by atoms with van der Waals surface area (Å²) >= 11 is 0. The lowest BCUT2D eigenvalue weighted by Crippen LogP contribution is -2.38. The lowest BCUT2D eigenvalue weighted by molar-refractivity contribution is -0.134. The molecule has 1 heterocycles. The number of anilines is 1. The highest BCUT2D eigenvalue weighted by atomic mass is 19.1. The highest BCUT2D eigenvalue weighted by Gasteiger charge is 2.19. The summed E-state index contributed by atoms with van der Waals surface area (Å²) in [6.07, 6.45) is -0.0430. The number of aryl methyl sites for hydroxylation is 1. The van der Waals surface area contributed by atoms with Crippen LogP contribution in [0.1, 0.15) is 13.3 Å². The Balaban J connectivity index is 1.63. The van der Waals surface area contributed by atoms with Gasteiger partial charge in [0, 0.05) is 19.5 Å². The van der Waals surface area contributed by atoms with Crippen molar-refractivity contribution in [3.8, 4) is 0 Å². The van der Waals surface area contributed by atoms with Gasteiger partial charge >= 0.3 is 5.76 Å². The summed E-state index contributed by atoms with van der Waals surface area (Å²) in [5.41, 5.74) is 0.433. The first-order valence-electron chi connectivity index (χ1n) is 9.00. The monoisotopic (exact) mass is 403 g/mol. The van der Waals surface area contributed by atoms with E-state index in [2.05, 4.69) is 5.32 Å². The largest absolute Gasteiger partial charge is 0.419 e. The summed E-state index contributed by atoms with van der Waals surface area (Å²) in [6, 6.07) is 10.1. The highest BCUT2D eigenvalue weighted by Crippen LogP contribution is 2.18. The minimum atomic E-state index is -0.904. The fourth-order valence-corrected chi connectivity index (χ4v) is 2.94. The van der Waals surface area contributed by atoms with E-state index in [0.29, 0.717) is 11.1 Å². The minimum absolute atomic E-state index is 0.0430. The van der Waals surface area contributed by atoms with Crippen LogP contribution in [-0.2, 0) is 16.1 Å². The second-order valence-corrected chi connectivity index (χ2v) is 6.29. The van der Waals surface area contributed by atoms with Crippen LogP contribution in [0.25, 0.3) is 11.1 Å². The van der Waals surface area contributed by atoms with Gasteiger partial charge in [-0.2, -0.15) is 0 Å². The van der Waals surface area contributed by atoms with Gasteiger partial charge in [0.15, 0.2) is 5.58 Å². The van der Waals surface area contributed by atoms with Crippen molar-refractivity contribution in [1.82, 2.24) is 9.47 Å². The number of halogens is 2. The number of nitrogens with zero attached hydrogens (tertiary/aromatic N) is 2. The predicted molar refractivity (Wildman–Crippen MR) is 102 cm³/mol. The molecule has 0 bridgehead atoms. The van der Waals surface area contributed by atoms with E-state index in [1.165, 1.54) is 15.5 Å². The molecule has 0 spiro atoms. The summed E-state index contributed by atoms with van der Waals surface area (Å²) < 4.78 is 33.8. The Bertz CT molecular complexity index is 1090. The van der Waals surface area contributed by atoms with Crippen molar-refractivity contribution in [2.24, 2.45) is 0 Å². The van der Waals surface area contributed by atoms with Gasteiger partial charge < -0.3 is 14.6 Å². The van der Waals surface area contributed by atoms with Crippen LogP contribution in [0.2, 0.25) is 0 Å². The van der Waals surface area contributed by atoms with Crippen LogP contribution in [-0.4, -0.2) is 34.4 Å². The van der Waals surface area contributed by atoms with Crippen LogP contribution in [0.4, 0.5) is 14.5 Å². The molecule has 29 heavy (non-hydrogen) atoms. The molecule has 2 aromatic carbocycles. The number of likely N-dealkylation sites (N-methyl/N-ethyl adjacent to an activating group) is 1. The molecule has 0 saturated carbocycles. The van der Waals surface area contributed by atoms with Crippen LogP contribution in [0.3, 0.4) is 0 Å². The number of oxazole rings is 1. The topological polar surface area (TPSA) is 84.5 Å². The number of aromatic nitrogens is 1. The Kier molecular flexibility index (Phi) is 6.06. The normalized spacial score (nSPS) is 10.9. The zero-order valence-corrected chi connectivity index (χ0v) is 15.7. The third kappa shape index (κ3) is 4.50. The van der Waals surface area contributed by atoms with Crippen LogP contribution in [0.15, 0.2) is 51.7 Å². The number of hydrogen-bond donors (Lipinski definition) is 1. The van der Waals surface area contributed by atoms with Crippen molar-refractivity contribution in [1.29, 1.82) is 0 Å². The zero-order valence-electron chi connectivity index (χ0n) is 15.7. The van der Waals surface area contributed by atoms with E-state index in [9.17, 15) is 23.2 Å². The number of nitrogens with one attached hydrogen (secondary N) is 1. The number of para-hydroxylation sites is 3. The quantitative estimate of drug-likeness (QED) is 0.658. The van der Waals surface area contributed by atoms with Gasteiger partial charge in [0.05, 0.1) is 12.1 Å². The second kappa shape index (κ2) is 8.68. The molecule has 3 aromatic rings. The maximum atomic E-state index is 13.7. The second-order valence-electron chi connectivity index (χ2n) is 6.29. The standard InChI is InChI=1S/C20H19F2N3O4/c1-2-24(12-17(26)23-19-13(21)6-5-7-14(19)22)18(27)10-11-25-15-8-3-4-9-16(15)29-20(25)28/h3-9H,2,10-12H2,1H3,(H,23,26). The summed E-state index contributed by atoms with van der Waals surface area (Å²) in [6.45, 7) is 1.60. The van der Waals surface area contributed by atoms with Gasteiger partial charge in [-0.1, -0.05) is 18.2 Å². The predicted octanol–water partition coefficient (Wildman–Crippen LogP) is 2.75. The molecule has 0 aliphatic heterocycles. The number of benzene rings is 2. The molecule has 0 aliphatic rings. The Hall–Kier alpha value is -3.49. The van der Waals surface area contributed by atoms with Gasteiger partial charge in [0.25, 0.3) is 0 Å². The molecule has 9 heteroatoms. The Morgan fingerprint density at radius 2 is 1.79 bits per heavy atom. The third-order valence-corrected chi connectivity index (χ3v) is 4.42. The SMILES string of the molecule is CCN(CC(=O)Nc1c(F)cccc1F)C(=O)CCn1c(=O)oc2ccccc21. The van der Waals surface area contributed by atoms with E-state index in [4.69, 9.17) is 4.42 Å². The molecule has 2 amide bonds. The van der Waals surface area contributed by atoms with Crippen LogP contribution in [0.5, 0.6) is 0 Å². The average Bonchev–Trinajstić information content (AvgIpc) is 3.02.